The Bertz CT molecular complexity index is 624. The third kappa shape index (κ3) is 3.81. The second-order valence-electron chi connectivity index (χ2n) is 5.34. The number of rotatable bonds is 7. The zero-order valence-electron chi connectivity index (χ0n) is 11.8. The molecule has 1 N–H and O–H groups in total. The number of benzene rings is 1. The minimum atomic E-state index is 0.617. The number of anilines is 1. The summed E-state index contributed by atoms with van der Waals surface area (Å²) in [6.07, 6.45) is 6.69. The van der Waals surface area contributed by atoms with Crippen molar-refractivity contribution in [3.63, 3.8) is 0 Å². The molecule has 0 amide bonds. The fraction of sp³-hybridized carbons (Fsp3) is 0.294. The second kappa shape index (κ2) is 6.39. The summed E-state index contributed by atoms with van der Waals surface area (Å²) in [4.78, 5) is 15.0. The third-order valence-corrected chi connectivity index (χ3v) is 3.55. The third-order valence-electron chi connectivity index (χ3n) is 3.55. The molecule has 0 saturated heterocycles. The van der Waals surface area contributed by atoms with E-state index in [1.807, 2.05) is 24.3 Å². The van der Waals surface area contributed by atoms with Crippen molar-refractivity contribution in [3.8, 4) is 5.75 Å². The van der Waals surface area contributed by atoms with Gasteiger partial charge in [0.15, 0.2) is 6.29 Å². The lowest BCUT2D eigenvalue weighted by molar-refractivity contribution is 0.112. The van der Waals surface area contributed by atoms with Gasteiger partial charge in [0.25, 0.3) is 0 Å². The first kappa shape index (κ1) is 13.6. The van der Waals surface area contributed by atoms with Gasteiger partial charge < -0.3 is 10.1 Å². The Morgan fingerprint density at radius 3 is 3.05 bits per heavy atom. The van der Waals surface area contributed by atoms with Crippen molar-refractivity contribution in [2.45, 2.75) is 19.4 Å². The van der Waals surface area contributed by atoms with Gasteiger partial charge in [0, 0.05) is 18.3 Å². The van der Waals surface area contributed by atoms with E-state index in [1.54, 1.807) is 18.5 Å². The Balaban J connectivity index is 1.61. The van der Waals surface area contributed by atoms with Gasteiger partial charge in [-0.15, -0.1) is 0 Å². The van der Waals surface area contributed by atoms with Crippen molar-refractivity contribution in [1.82, 2.24) is 4.98 Å². The first-order valence-corrected chi connectivity index (χ1v) is 7.20. The van der Waals surface area contributed by atoms with Crippen LogP contribution in [0.25, 0.3) is 0 Å². The van der Waals surface area contributed by atoms with E-state index in [2.05, 4.69) is 10.3 Å². The van der Waals surface area contributed by atoms with Crippen molar-refractivity contribution in [2.75, 3.05) is 11.9 Å². The lowest BCUT2D eigenvalue weighted by atomic mass is 10.2. The van der Waals surface area contributed by atoms with Crippen LogP contribution in [0.15, 0.2) is 42.7 Å². The van der Waals surface area contributed by atoms with Crippen LogP contribution >= 0.6 is 0 Å². The highest BCUT2D eigenvalue weighted by Crippen LogP contribution is 2.29. The lowest BCUT2D eigenvalue weighted by Gasteiger charge is -2.10. The van der Waals surface area contributed by atoms with Gasteiger partial charge in [0.2, 0.25) is 0 Å². The number of hydrogen-bond donors (Lipinski definition) is 1. The maximum absolute atomic E-state index is 11.0. The summed E-state index contributed by atoms with van der Waals surface area (Å²) in [6, 6.07) is 9.74. The summed E-state index contributed by atoms with van der Waals surface area (Å²) >= 11 is 0. The fourth-order valence-corrected chi connectivity index (χ4v) is 2.10. The van der Waals surface area contributed by atoms with E-state index in [1.165, 1.54) is 12.8 Å². The number of nitrogens with zero attached hydrogens (tertiary/aromatic N) is 1. The maximum atomic E-state index is 11.0. The molecule has 1 saturated carbocycles. The van der Waals surface area contributed by atoms with Crippen LogP contribution in [-0.4, -0.2) is 17.9 Å². The fourth-order valence-electron chi connectivity index (χ4n) is 2.10. The summed E-state index contributed by atoms with van der Waals surface area (Å²) in [5, 5.41) is 3.24. The number of aldehydes is 1. The number of ether oxygens (including phenoxy) is 1. The Kier molecular flexibility index (Phi) is 4.15. The van der Waals surface area contributed by atoms with Gasteiger partial charge in [-0.25, -0.2) is 0 Å². The van der Waals surface area contributed by atoms with Crippen molar-refractivity contribution in [1.29, 1.82) is 0 Å². The summed E-state index contributed by atoms with van der Waals surface area (Å²) in [5.74, 6) is 1.65. The molecular formula is C17H18N2O2. The highest BCUT2D eigenvalue weighted by Gasteiger charge is 2.21. The molecule has 0 aliphatic heterocycles. The minimum Gasteiger partial charge on any atom is -0.493 e. The molecule has 0 atom stereocenters. The molecule has 0 unspecified atom stereocenters. The molecule has 108 valence electrons. The van der Waals surface area contributed by atoms with Gasteiger partial charge >= 0.3 is 0 Å². The topological polar surface area (TPSA) is 51.2 Å². The van der Waals surface area contributed by atoms with Gasteiger partial charge in [-0.3, -0.25) is 9.78 Å². The van der Waals surface area contributed by atoms with Crippen LogP contribution in [0.3, 0.4) is 0 Å². The smallest absolute Gasteiger partial charge is 0.152 e. The molecule has 1 aliphatic carbocycles. The predicted molar refractivity (Wildman–Crippen MR) is 81.6 cm³/mol. The molecule has 4 heteroatoms. The number of pyridine rings is 1. The molecule has 1 aromatic carbocycles. The summed E-state index contributed by atoms with van der Waals surface area (Å²) in [5.41, 5.74) is 2.48. The van der Waals surface area contributed by atoms with Crippen LogP contribution in [0.2, 0.25) is 0 Å². The molecule has 4 nitrogen and oxygen atoms in total. The molecule has 21 heavy (non-hydrogen) atoms. The van der Waals surface area contributed by atoms with Gasteiger partial charge in [0.1, 0.15) is 5.75 Å². The molecule has 1 heterocycles. The molecule has 0 spiro atoms. The van der Waals surface area contributed by atoms with Crippen LogP contribution in [0.4, 0.5) is 5.69 Å². The van der Waals surface area contributed by atoms with Crippen LogP contribution < -0.4 is 10.1 Å². The molecule has 0 bridgehead atoms. The summed E-state index contributed by atoms with van der Waals surface area (Å²) in [6.45, 7) is 1.45. The van der Waals surface area contributed by atoms with Crippen LogP contribution in [0, 0.1) is 5.92 Å². The first-order chi connectivity index (χ1) is 10.3. The van der Waals surface area contributed by atoms with Gasteiger partial charge in [-0.05, 0) is 42.5 Å². The van der Waals surface area contributed by atoms with E-state index < -0.39 is 0 Å². The molecule has 3 rings (SSSR count). The van der Waals surface area contributed by atoms with E-state index in [9.17, 15) is 4.79 Å². The lowest BCUT2D eigenvalue weighted by Crippen LogP contribution is -2.04. The predicted octanol–water partition coefficient (Wildman–Crippen LogP) is 3.30. The second-order valence-corrected chi connectivity index (χ2v) is 5.34. The molecular weight excluding hydrogens is 264 g/mol. The van der Waals surface area contributed by atoms with E-state index in [4.69, 9.17) is 4.74 Å². The number of carbonyl (C=O) groups excluding carboxylic acids is 1. The van der Waals surface area contributed by atoms with Gasteiger partial charge in [0.05, 0.1) is 18.5 Å². The van der Waals surface area contributed by atoms with Gasteiger partial charge in [-0.1, -0.05) is 12.1 Å². The largest absolute Gasteiger partial charge is 0.493 e. The molecule has 0 radical (unpaired) electrons. The van der Waals surface area contributed by atoms with Gasteiger partial charge in [-0.2, -0.15) is 0 Å². The quantitative estimate of drug-likeness (QED) is 0.792. The molecule has 2 aromatic rings. The van der Waals surface area contributed by atoms with E-state index in [0.717, 1.165) is 35.8 Å². The Morgan fingerprint density at radius 1 is 1.33 bits per heavy atom. The molecule has 1 fully saturated rings. The van der Waals surface area contributed by atoms with E-state index in [0.29, 0.717) is 12.1 Å². The molecule has 1 aliphatic rings. The average Bonchev–Trinajstić information content (AvgIpc) is 3.36. The van der Waals surface area contributed by atoms with Crippen molar-refractivity contribution in [2.24, 2.45) is 5.92 Å². The minimum absolute atomic E-state index is 0.617. The normalized spacial score (nSPS) is 13.7. The molecule has 1 aromatic heterocycles. The van der Waals surface area contributed by atoms with Crippen LogP contribution in [0.1, 0.15) is 28.8 Å². The monoisotopic (exact) mass is 282 g/mol. The summed E-state index contributed by atoms with van der Waals surface area (Å²) < 4.78 is 5.77. The SMILES string of the molecule is O=Cc1ccncc1NCc1cccc(OCC2CC2)c1. The van der Waals surface area contributed by atoms with E-state index >= 15 is 0 Å². The Hall–Kier alpha value is -2.36. The zero-order chi connectivity index (χ0) is 14.5. The van der Waals surface area contributed by atoms with Crippen LogP contribution in [-0.2, 0) is 6.54 Å². The first-order valence-electron chi connectivity index (χ1n) is 7.20. The van der Waals surface area contributed by atoms with Crippen LogP contribution in [0.5, 0.6) is 5.75 Å². The highest BCUT2D eigenvalue weighted by atomic mass is 16.5. The Morgan fingerprint density at radius 2 is 2.24 bits per heavy atom. The average molecular weight is 282 g/mol. The number of carbonyl (C=O) groups is 1. The van der Waals surface area contributed by atoms with Crippen molar-refractivity contribution in [3.05, 3.63) is 53.9 Å². The van der Waals surface area contributed by atoms with E-state index in [-0.39, 0.29) is 0 Å². The zero-order valence-corrected chi connectivity index (χ0v) is 11.8. The Labute approximate surface area is 124 Å². The maximum Gasteiger partial charge on any atom is 0.152 e. The highest BCUT2D eigenvalue weighted by molar-refractivity contribution is 5.83. The van der Waals surface area contributed by atoms with Crippen molar-refractivity contribution >= 4 is 12.0 Å². The number of nitrogens with one attached hydrogen (secondary N) is 1. The van der Waals surface area contributed by atoms with Crippen molar-refractivity contribution < 1.29 is 9.53 Å². The number of aromatic nitrogens is 1. The number of hydrogen-bond acceptors (Lipinski definition) is 4. The standard InChI is InChI=1S/C17H18N2O2/c20-11-15-6-7-18-10-17(15)19-9-14-2-1-3-16(8-14)21-12-13-4-5-13/h1-3,6-8,10-11,13,19H,4-5,9,12H2. The summed E-state index contributed by atoms with van der Waals surface area (Å²) in [7, 11) is 0.